The third-order valence-corrected chi connectivity index (χ3v) is 2.25. The van der Waals surface area contributed by atoms with Gasteiger partial charge in [-0.1, -0.05) is 0 Å². The summed E-state index contributed by atoms with van der Waals surface area (Å²) in [6, 6.07) is 1.71. The van der Waals surface area contributed by atoms with E-state index in [2.05, 4.69) is 0 Å². The Hall–Kier alpha value is -1.71. The predicted octanol–water partition coefficient (Wildman–Crippen LogP) is 1.59. The van der Waals surface area contributed by atoms with Crippen LogP contribution in [0.15, 0.2) is 6.07 Å². The minimum Gasteiger partial charge on any atom is -0.494 e. The lowest BCUT2D eigenvalue weighted by molar-refractivity contribution is 0.0692. The van der Waals surface area contributed by atoms with Gasteiger partial charge >= 0.3 is 5.97 Å². The van der Waals surface area contributed by atoms with Crippen LogP contribution in [0, 0.1) is 13.8 Å². The largest absolute Gasteiger partial charge is 0.494 e. The lowest BCUT2D eigenvalue weighted by atomic mass is 10.0. The number of carbonyl (C=O) groups is 1. The van der Waals surface area contributed by atoms with Crippen LogP contribution in [0.25, 0.3) is 0 Å². The highest BCUT2D eigenvalue weighted by atomic mass is 16.5. The maximum absolute atomic E-state index is 11.0. The van der Waals surface area contributed by atoms with Gasteiger partial charge in [0, 0.05) is 0 Å². The Balaban J connectivity index is 3.56. The number of hydrogen-bond acceptors (Lipinski definition) is 3. The average Bonchev–Trinajstić information content (AvgIpc) is 2.10. The average molecular weight is 195 g/mol. The number of carboxylic acid groups (broad SMARTS) is 1. The van der Waals surface area contributed by atoms with Gasteiger partial charge in [-0.15, -0.1) is 0 Å². The molecule has 0 aliphatic carbocycles. The molecule has 0 saturated carbocycles. The summed E-state index contributed by atoms with van der Waals surface area (Å²) in [7, 11) is 1.41. The molecule has 4 nitrogen and oxygen atoms in total. The van der Waals surface area contributed by atoms with Crippen molar-refractivity contribution in [2.75, 3.05) is 12.8 Å². The van der Waals surface area contributed by atoms with Crippen LogP contribution in [0.4, 0.5) is 5.69 Å². The van der Waals surface area contributed by atoms with E-state index in [1.165, 1.54) is 7.11 Å². The van der Waals surface area contributed by atoms with Gasteiger partial charge in [0.2, 0.25) is 0 Å². The number of nitrogen functional groups attached to an aromatic ring is 1. The van der Waals surface area contributed by atoms with E-state index < -0.39 is 5.97 Å². The van der Waals surface area contributed by atoms with Gasteiger partial charge in [0.1, 0.15) is 5.56 Å². The summed E-state index contributed by atoms with van der Waals surface area (Å²) in [4.78, 5) is 11.0. The molecule has 76 valence electrons. The summed E-state index contributed by atoms with van der Waals surface area (Å²) in [5, 5.41) is 8.99. The Morgan fingerprint density at radius 1 is 1.50 bits per heavy atom. The van der Waals surface area contributed by atoms with Crippen molar-refractivity contribution in [3.8, 4) is 5.75 Å². The molecule has 0 bridgehead atoms. The molecule has 1 aromatic carbocycles. The molecule has 0 spiro atoms. The monoisotopic (exact) mass is 195 g/mol. The molecule has 0 atom stereocenters. The smallest absolute Gasteiger partial charge is 0.339 e. The van der Waals surface area contributed by atoms with Crippen LogP contribution in [0.5, 0.6) is 5.75 Å². The Bertz CT molecular complexity index is 385. The van der Waals surface area contributed by atoms with Crippen molar-refractivity contribution < 1.29 is 14.6 Å². The number of ether oxygens (including phenoxy) is 1. The molecule has 0 heterocycles. The van der Waals surface area contributed by atoms with Crippen molar-refractivity contribution in [3.05, 3.63) is 22.8 Å². The number of aromatic carboxylic acids is 1. The number of rotatable bonds is 2. The van der Waals surface area contributed by atoms with Crippen molar-refractivity contribution in [1.29, 1.82) is 0 Å². The van der Waals surface area contributed by atoms with Crippen LogP contribution in [0.1, 0.15) is 21.5 Å². The van der Waals surface area contributed by atoms with Gasteiger partial charge in [0.05, 0.1) is 12.8 Å². The second kappa shape index (κ2) is 3.57. The SMILES string of the molecule is COc1c(N)cc(C)c(C)c1C(=O)O. The zero-order valence-electron chi connectivity index (χ0n) is 8.42. The van der Waals surface area contributed by atoms with Gasteiger partial charge in [0.25, 0.3) is 0 Å². The zero-order chi connectivity index (χ0) is 10.9. The van der Waals surface area contributed by atoms with Crippen molar-refractivity contribution in [3.63, 3.8) is 0 Å². The summed E-state index contributed by atoms with van der Waals surface area (Å²) in [6.07, 6.45) is 0. The molecular formula is C10H13NO3. The summed E-state index contributed by atoms with van der Waals surface area (Å²) < 4.78 is 4.97. The Morgan fingerprint density at radius 3 is 2.50 bits per heavy atom. The van der Waals surface area contributed by atoms with Crippen LogP contribution in [0.3, 0.4) is 0 Å². The van der Waals surface area contributed by atoms with Gasteiger partial charge in [-0.3, -0.25) is 0 Å². The number of nitrogens with two attached hydrogens (primary N) is 1. The molecule has 0 radical (unpaired) electrons. The van der Waals surface area contributed by atoms with Crippen molar-refractivity contribution >= 4 is 11.7 Å². The van der Waals surface area contributed by atoms with Gasteiger partial charge in [0.15, 0.2) is 5.75 Å². The number of carboxylic acids is 1. The summed E-state index contributed by atoms with van der Waals surface area (Å²) in [5.41, 5.74) is 7.68. The molecule has 0 aliphatic rings. The van der Waals surface area contributed by atoms with Gasteiger partial charge < -0.3 is 15.6 Å². The second-order valence-electron chi connectivity index (χ2n) is 3.12. The molecule has 0 aliphatic heterocycles. The third-order valence-electron chi connectivity index (χ3n) is 2.25. The first-order valence-corrected chi connectivity index (χ1v) is 4.16. The fourth-order valence-electron chi connectivity index (χ4n) is 1.40. The topological polar surface area (TPSA) is 72.5 Å². The first kappa shape index (κ1) is 10.4. The molecule has 3 N–H and O–H groups in total. The highest BCUT2D eigenvalue weighted by Crippen LogP contribution is 2.31. The minimum absolute atomic E-state index is 0.144. The number of anilines is 1. The molecule has 0 unspecified atom stereocenters. The van der Waals surface area contributed by atoms with E-state index in [0.29, 0.717) is 11.3 Å². The molecule has 0 aromatic heterocycles. The van der Waals surface area contributed by atoms with E-state index in [-0.39, 0.29) is 11.3 Å². The lowest BCUT2D eigenvalue weighted by Crippen LogP contribution is -2.07. The van der Waals surface area contributed by atoms with E-state index in [1.807, 2.05) is 6.92 Å². The number of methoxy groups -OCH3 is 1. The summed E-state index contributed by atoms with van der Waals surface area (Å²) in [5.74, 6) is -0.782. The number of aryl methyl sites for hydroxylation is 1. The van der Waals surface area contributed by atoms with Crippen molar-refractivity contribution in [1.82, 2.24) is 0 Å². The fraction of sp³-hybridized carbons (Fsp3) is 0.300. The standard InChI is InChI=1S/C10H13NO3/c1-5-4-7(11)9(14-3)8(6(5)2)10(12)13/h4H,11H2,1-3H3,(H,12,13). The minimum atomic E-state index is -1.02. The predicted molar refractivity (Wildman–Crippen MR) is 53.8 cm³/mol. The lowest BCUT2D eigenvalue weighted by Gasteiger charge is -2.12. The van der Waals surface area contributed by atoms with Gasteiger partial charge in [-0.05, 0) is 31.0 Å². The maximum Gasteiger partial charge on any atom is 0.339 e. The van der Waals surface area contributed by atoms with Crippen molar-refractivity contribution in [2.45, 2.75) is 13.8 Å². The van der Waals surface area contributed by atoms with Crippen molar-refractivity contribution in [2.24, 2.45) is 0 Å². The fourth-order valence-corrected chi connectivity index (χ4v) is 1.40. The molecule has 1 aromatic rings. The zero-order valence-corrected chi connectivity index (χ0v) is 8.42. The Morgan fingerprint density at radius 2 is 2.07 bits per heavy atom. The van der Waals surface area contributed by atoms with Gasteiger partial charge in [-0.25, -0.2) is 4.79 Å². The normalized spacial score (nSPS) is 9.93. The third kappa shape index (κ3) is 1.51. The van der Waals surface area contributed by atoms with E-state index in [4.69, 9.17) is 15.6 Å². The molecule has 0 amide bonds. The first-order chi connectivity index (χ1) is 6.49. The van der Waals surface area contributed by atoms with E-state index in [1.54, 1.807) is 13.0 Å². The molecular weight excluding hydrogens is 182 g/mol. The van der Waals surface area contributed by atoms with E-state index in [0.717, 1.165) is 5.56 Å². The second-order valence-corrected chi connectivity index (χ2v) is 3.12. The van der Waals surface area contributed by atoms with Crippen LogP contribution < -0.4 is 10.5 Å². The highest BCUT2D eigenvalue weighted by Gasteiger charge is 2.18. The van der Waals surface area contributed by atoms with Crippen LogP contribution in [-0.4, -0.2) is 18.2 Å². The summed E-state index contributed by atoms with van der Waals surface area (Å²) in [6.45, 7) is 3.55. The number of hydrogen-bond donors (Lipinski definition) is 2. The quantitative estimate of drug-likeness (QED) is 0.703. The molecule has 1 rings (SSSR count). The maximum atomic E-state index is 11.0. The Labute approximate surface area is 82.3 Å². The highest BCUT2D eigenvalue weighted by molar-refractivity contribution is 5.95. The van der Waals surface area contributed by atoms with E-state index in [9.17, 15) is 4.79 Å². The summed E-state index contributed by atoms with van der Waals surface area (Å²) >= 11 is 0. The first-order valence-electron chi connectivity index (χ1n) is 4.16. The molecule has 14 heavy (non-hydrogen) atoms. The van der Waals surface area contributed by atoms with Crippen LogP contribution in [0.2, 0.25) is 0 Å². The molecule has 0 fully saturated rings. The molecule has 4 heteroatoms. The molecule has 0 saturated heterocycles. The van der Waals surface area contributed by atoms with Crippen LogP contribution in [-0.2, 0) is 0 Å². The van der Waals surface area contributed by atoms with Gasteiger partial charge in [-0.2, -0.15) is 0 Å². The number of benzene rings is 1. The Kier molecular flexibility index (Phi) is 2.65. The van der Waals surface area contributed by atoms with Crippen LogP contribution >= 0.6 is 0 Å². The van der Waals surface area contributed by atoms with E-state index >= 15 is 0 Å².